The van der Waals surface area contributed by atoms with Crippen LogP contribution in [0, 0.1) is 5.92 Å². The van der Waals surface area contributed by atoms with E-state index in [9.17, 15) is 0 Å². The van der Waals surface area contributed by atoms with Gasteiger partial charge in [-0.2, -0.15) is 0 Å². The summed E-state index contributed by atoms with van der Waals surface area (Å²) in [5, 5.41) is 0. The molecule has 0 heterocycles. The summed E-state index contributed by atoms with van der Waals surface area (Å²) in [4.78, 5) is 0. The summed E-state index contributed by atoms with van der Waals surface area (Å²) in [7, 11) is 0. The normalized spacial score (nSPS) is 14.6. The molecule has 0 aromatic carbocycles. The molecule has 0 aromatic rings. The van der Waals surface area contributed by atoms with Crippen molar-refractivity contribution in [2.75, 3.05) is 5.88 Å². The number of hydrogen-bond donors (Lipinski definition) is 1. The average Bonchev–Trinajstić information content (AvgIpc) is 1.67. The van der Waals surface area contributed by atoms with Crippen molar-refractivity contribution < 1.29 is 0 Å². The van der Waals surface area contributed by atoms with E-state index in [2.05, 4.69) is 0 Å². The van der Waals surface area contributed by atoms with Gasteiger partial charge in [-0.25, -0.2) is 0 Å². The molecule has 2 N–H and O–H groups in total. The lowest BCUT2D eigenvalue weighted by Crippen LogP contribution is -2.24. The molecule has 0 rings (SSSR count). The summed E-state index contributed by atoms with van der Waals surface area (Å²) >= 11 is 5.45. The second kappa shape index (κ2) is 4.16. The lowest BCUT2D eigenvalue weighted by Gasteiger charge is -2.11. The third-order valence-corrected chi connectivity index (χ3v) is 1.38. The third kappa shape index (κ3) is 3.28. The molecule has 0 fully saturated rings. The zero-order valence-corrected chi connectivity index (χ0v) is 6.20. The molecule has 0 spiro atoms. The molecule has 8 heavy (non-hydrogen) atoms. The first kappa shape index (κ1) is 8.25. The summed E-state index contributed by atoms with van der Waals surface area (Å²) in [6.07, 6.45) is 0.893. The van der Waals surface area contributed by atoms with Crippen LogP contribution in [0.2, 0.25) is 0 Å². The van der Waals surface area contributed by atoms with E-state index in [1.165, 1.54) is 5.92 Å². The van der Waals surface area contributed by atoms with Crippen LogP contribution in [-0.4, -0.2) is 11.9 Å². The second-order valence-corrected chi connectivity index (χ2v) is 2.54. The Balaban J connectivity index is 3.17. The van der Waals surface area contributed by atoms with Crippen molar-refractivity contribution in [3.8, 4) is 0 Å². The Bertz CT molecular complexity index is 54.5. The summed E-state index contributed by atoms with van der Waals surface area (Å²) in [5.74, 6) is 1.91. The zero-order chi connectivity index (χ0) is 6.57. The van der Waals surface area contributed by atoms with Gasteiger partial charge in [0, 0.05) is 11.9 Å². The van der Waals surface area contributed by atoms with Gasteiger partial charge in [-0.15, -0.1) is 11.6 Å². The molecule has 1 unspecified atom stereocenters. The molecule has 0 aliphatic carbocycles. The van der Waals surface area contributed by atoms with Gasteiger partial charge in [0.05, 0.1) is 0 Å². The second-order valence-electron chi connectivity index (χ2n) is 2.16. The summed E-state index contributed by atoms with van der Waals surface area (Å²) in [6, 6.07) is 0.201. The topological polar surface area (TPSA) is 26.0 Å². The number of hydrogen-bond acceptors (Lipinski definition) is 1. The minimum Gasteiger partial charge on any atom is -0.327 e. The van der Waals surface area contributed by atoms with Gasteiger partial charge in [-0.1, -0.05) is 13.8 Å². The van der Waals surface area contributed by atoms with Gasteiger partial charge in [0.25, 0.3) is 0 Å². The first-order valence-corrected chi connectivity index (χ1v) is 3.33. The Morgan fingerprint density at radius 1 is 1.62 bits per heavy atom. The standard InChI is InChI=1S/C6H13ClN/c1-5(2)6(8)3-4-7/h6H,3-4,8H2,1-2H3. The van der Waals surface area contributed by atoms with Gasteiger partial charge in [0.1, 0.15) is 0 Å². The molecule has 0 aliphatic heterocycles. The van der Waals surface area contributed by atoms with Crippen LogP contribution >= 0.6 is 11.6 Å². The highest BCUT2D eigenvalue weighted by Crippen LogP contribution is 2.04. The fraction of sp³-hybridized carbons (Fsp3) is 0.833. The number of alkyl halides is 1. The Morgan fingerprint density at radius 2 is 2.12 bits per heavy atom. The van der Waals surface area contributed by atoms with E-state index in [0.29, 0.717) is 5.88 Å². The first-order valence-electron chi connectivity index (χ1n) is 2.80. The predicted octanol–water partition coefficient (Wildman–Crippen LogP) is 1.56. The fourth-order valence-corrected chi connectivity index (χ4v) is 0.641. The largest absolute Gasteiger partial charge is 0.327 e. The molecular formula is C6H13ClN. The van der Waals surface area contributed by atoms with E-state index in [1.807, 2.05) is 13.8 Å². The minimum atomic E-state index is 0.201. The van der Waals surface area contributed by atoms with Crippen LogP contribution in [0.4, 0.5) is 0 Å². The van der Waals surface area contributed by atoms with Crippen LogP contribution in [0.15, 0.2) is 0 Å². The summed E-state index contributed by atoms with van der Waals surface area (Å²) in [5.41, 5.74) is 5.61. The number of halogens is 1. The zero-order valence-electron chi connectivity index (χ0n) is 5.45. The molecule has 0 amide bonds. The van der Waals surface area contributed by atoms with Crippen LogP contribution in [0.3, 0.4) is 0 Å². The molecule has 0 bridgehead atoms. The van der Waals surface area contributed by atoms with E-state index in [4.69, 9.17) is 17.3 Å². The Labute approximate surface area is 56.2 Å². The fourth-order valence-electron chi connectivity index (χ4n) is 0.406. The number of nitrogens with two attached hydrogens (primary N) is 1. The summed E-state index contributed by atoms with van der Waals surface area (Å²) in [6.45, 7) is 4.05. The van der Waals surface area contributed by atoms with Crippen LogP contribution in [0.25, 0.3) is 0 Å². The van der Waals surface area contributed by atoms with Gasteiger partial charge in [-0.05, 0) is 12.3 Å². The van der Waals surface area contributed by atoms with Gasteiger partial charge in [-0.3, -0.25) is 0 Å². The molecule has 1 radical (unpaired) electrons. The number of rotatable bonds is 3. The highest BCUT2D eigenvalue weighted by Gasteiger charge is 2.05. The Morgan fingerprint density at radius 3 is 2.25 bits per heavy atom. The molecule has 49 valence electrons. The molecule has 0 saturated carbocycles. The van der Waals surface area contributed by atoms with Crippen LogP contribution in [-0.2, 0) is 0 Å². The van der Waals surface area contributed by atoms with E-state index >= 15 is 0 Å². The van der Waals surface area contributed by atoms with Crippen molar-refractivity contribution in [2.45, 2.75) is 26.3 Å². The van der Waals surface area contributed by atoms with E-state index in [1.54, 1.807) is 0 Å². The highest BCUT2D eigenvalue weighted by atomic mass is 35.5. The lowest BCUT2D eigenvalue weighted by atomic mass is 10.0. The highest BCUT2D eigenvalue weighted by molar-refractivity contribution is 6.17. The first-order chi connectivity index (χ1) is 3.68. The van der Waals surface area contributed by atoms with Crippen LogP contribution < -0.4 is 5.73 Å². The maximum atomic E-state index is 5.61. The predicted molar refractivity (Wildman–Crippen MR) is 37.9 cm³/mol. The van der Waals surface area contributed by atoms with E-state index in [0.717, 1.165) is 6.42 Å². The molecular weight excluding hydrogens is 122 g/mol. The SMILES string of the molecule is C[C](C)C(N)CCCl. The van der Waals surface area contributed by atoms with Gasteiger partial charge < -0.3 is 5.73 Å². The quantitative estimate of drug-likeness (QED) is 0.583. The van der Waals surface area contributed by atoms with Gasteiger partial charge in [0.15, 0.2) is 0 Å². The van der Waals surface area contributed by atoms with Crippen molar-refractivity contribution in [1.82, 2.24) is 0 Å². The molecule has 0 aromatic heterocycles. The molecule has 0 saturated heterocycles. The molecule has 0 aliphatic rings. The van der Waals surface area contributed by atoms with E-state index in [-0.39, 0.29) is 6.04 Å². The minimum absolute atomic E-state index is 0.201. The van der Waals surface area contributed by atoms with Crippen molar-refractivity contribution >= 4 is 11.6 Å². The molecule has 1 atom stereocenters. The van der Waals surface area contributed by atoms with Crippen LogP contribution in [0.5, 0.6) is 0 Å². The maximum Gasteiger partial charge on any atom is 0.0238 e. The Hall–Kier alpha value is 0.250. The molecule has 1 nitrogen and oxygen atoms in total. The van der Waals surface area contributed by atoms with Crippen molar-refractivity contribution in [3.05, 3.63) is 5.92 Å². The van der Waals surface area contributed by atoms with E-state index < -0.39 is 0 Å². The van der Waals surface area contributed by atoms with Gasteiger partial charge >= 0.3 is 0 Å². The average molecular weight is 135 g/mol. The smallest absolute Gasteiger partial charge is 0.0238 e. The van der Waals surface area contributed by atoms with Crippen molar-refractivity contribution in [3.63, 3.8) is 0 Å². The Kier molecular flexibility index (Phi) is 4.29. The third-order valence-electron chi connectivity index (χ3n) is 1.16. The summed E-state index contributed by atoms with van der Waals surface area (Å²) < 4.78 is 0. The van der Waals surface area contributed by atoms with Crippen molar-refractivity contribution in [2.24, 2.45) is 5.73 Å². The monoisotopic (exact) mass is 134 g/mol. The molecule has 2 heteroatoms. The van der Waals surface area contributed by atoms with Gasteiger partial charge in [0.2, 0.25) is 0 Å². The maximum absolute atomic E-state index is 5.61. The van der Waals surface area contributed by atoms with Crippen molar-refractivity contribution in [1.29, 1.82) is 0 Å². The lowest BCUT2D eigenvalue weighted by molar-refractivity contribution is 0.668. The van der Waals surface area contributed by atoms with Crippen LogP contribution in [0.1, 0.15) is 20.3 Å².